The van der Waals surface area contributed by atoms with E-state index in [0.29, 0.717) is 11.4 Å². The van der Waals surface area contributed by atoms with Gasteiger partial charge in [-0.3, -0.25) is 0 Å². The largest absolute Gasteiger partial charge is 0.399 e. The van der Waals surface area contributed by atoms with Gasteiger partial charge in [0.05, 0.1) is 11.0 Å². The molecule has 0 spiro atoms. The van der Waals surface area contributed by atoms with Gasteiger partial charge >= 0.3 is 0 Å². The predicted molar refractivity (Wildman–Crippen MR) is 70.4 cm³/mol. The van der Waals surface area contributed by atoms with Crippen molar-refractivity contribution in [3.8, 4) is 11.4 Å². The molecule has 1 heterocycles. The monoisotopic (exact) mass is 224 g/mol. The minimum atomic E-state index is 0.708. The number of nitrogens with two attached hydrogens (primary N) is 2. The molecule has 0 unspecified atom stereocenters. The summed E-state index contributed by atoms with van der Waals surface area (Å²) in [6.45, 7) is 0. The Morgan fingerprint density at radius 1 is 1.00 bits per heavy atom. The van der Waals surface area contributed by atoms with E-state index in [-0.39, 0.29) is 0 Å². The SMILES string of the molecule is Nc1ccc2nc(-c3ccccc3N)[nH]c2c1. The van der Waals surface area contributed by atoms with Crippen LogP contribution in [0.3, 0.4) is 0 Å². The maximum absolute atomic E-state index is 5.92. The number of nitrogens with zero attached hydrogens (tertiary/aromatic N) is 1. The molecule has 0 saturated carbocycles. The molecule has 4 heteroatoms. The van der Waals surface area contributed by atoms with Gasteiger partial charge in [0.1, 0.15) is 5.82 Å². The number of nitrogens with one attached hydrogen (secondary N) is 1. The molecule has 0 bridgehead atoms. The van der Waals surface area contributed by atoms with Gasteiger partial charge in [0.2, 0.25) is 0 Å². The van der Waals surface area contributed by atoms with Crippen molar-refractivity contribution >= 4 is 22.4 Å². The van der Waals surface area contributed by atoms with E-state index in [1.165, 1.54) is 0 Å². The Morgan fingerprint density at radius 2 is 1.82 bits per heavy atom. The lowest BCUT2D eigenvalue weighted by Crippen LogP contribution is -1.90. The topological polar surface area (TPSA) is 80.7 Å². The summed E-state index contributed by atoms with van der Waals surface area (Å²) in [4.78, 5) is 7.72. The number of fused-ring (bicyclic) bond motifs is 1. The van der Waals surface area contributed by atoms with Gasteiger partial charge in [0.15, 0.2) is 0 Å². The second-order valence-corrected chi connectivity index (χ2v) is 3.95. The minimum Gasteiger partial charge on any atom is -0.399 e. The third-order valence-electron chi connectivity index (χ3n) is 2.72. The highest BCUT2D eigenvalue weighted by Crippen LogP contribution is 2.25. The summed E-state index contributed by atoms with van der Waals surface area (Å²) in [5, 5.41) is 0. The fraction of sp³-hybridized carbons (Fsp3) is 0. The van der Waals surface area contributed by atoms with E-state index < -0.39 is 0 Å². The van der Waals surface area contributed by atoms with Crippen molar-refractivity contribution in [2.45, 2.75) is 0 Å². The maximum Gasteiger partial charge on any atom is 0.140 e. The van der Waals surface area contributed by atoms with E-state index in [2.05, 4.69) is 9.97 Å². The van der Waals surface area contributed by atoms with Crippen LogP contribution in [0.5, 0.6) is 0 Å². The fourth-order valence-electron chi connectivity index (χ4n) is 1.87. The molecule has 0 radical (unpaired) electrons. The molecular formula is C13H12N4. The Balaban J connectivity index is 2.22. The van der Waals surface area contributed by atoms with E-state index >= 15 is 0 Å². The molecule has 5 N–H and O–H groups in total. The first-order valence-electron chi connectivity index (χ1n) is 5.34. The number of anilines is 2. The predicted octanol–water partition coefficient (Wildman–Crippen LogP) is 2.39. The molecule has 0 atom stereocenters. The number of para-hydroxylation sites is 1. The van der Waals surface area contributed by atoms with Gasteiger partial charge in [-0.2, -0.15) is 0 Å². The Kier molecular flexibility index (Phi) is 2.01. The smallest absolute Gasteiger partial charge is 0.140 e. The van der Waals surface area contributed by atoms with Crippen molar-refractivity contribution in [2.24, 2.45) is 0 Å². The lowest BCUT2D eigenvalue weighted by atomic mass is 10.2. The van der Waals surface area contributed by atoms with Crippen LogP contribution in [-0.2, 0) is 0 Å². The second kappa shape index (κ2) is 3.52. The number of rotatable bonds is 1. The molecule has 3 aromatic rings. The molecule has 0 amide bonds. The molecule has 0 saturated heterocycles. The average molecular weight is 224 g/mol. The van der Waals surface area contributed by atoms with Crippen LogP contribution < -0.4 is 11.5 Å². The molecule has 0 fully saturated rings. The highest BCUT2D eigenvalue weighted by molar-refractivity contribution is 5.84. The number of aromatic amines is 1. The van der Waals surface area contributed by atoms with Crippen molar-refractivity contribution < 1.29 is 0 Å². The van der Waals surface area contributed by atoms with Crippen LogP contribution >= 0.6 is 0 Å². The number of nitrogen functional groups attached to an aromatic ring is 2. The van der Waals surface area contributed by atoms with Gasteiger partial charge in [0, 0.05) is 16.9 Å². The Labute approximate surface area is 98.3 Å². The molecule has 2 aromatic carbocycles. The molecule has 0 aliphatic rings. The zero-order valence-corrected chi connectivity index (χ0v) is 9.14. The van der Waals surface area contributed by atoms with Crippen molar-refractivity contribution in [3.63, 3.8) is 0 Å². The Bertz CT molecular complexity index is 685. The Morgan fingerprint density at radius 3 is 2.65 bits per heavy atom. The molecule has 1 aromatic heterocycles. The van der Waals surface area contributed by atoms with Gasteiger partial charge in [-0.15, -0.1) is 0 Å². The maximum atomic E-state index is 5.92. The third kappa shape index (κ3) is 1.59. The highest BCUT2D eigenvalue weighted by atomic mass is 14.9. The summed E-state index contributed by atoms with van der Waals surface area (Å²) in [5.41, 5.74) is 15.8. The van der Waals surface area contributed by atoms with E-state index in [1.807, 2.05) is 42.5 Å². The zero-order valence-electron chi connectivity index (χ0n) is 9.14. The highest BCUT2D eigenvalue weighted by Gasteiger charge is 2.07. The van der Waals surface area contributed by atoms with Crippen molar-refractivity contribution in [1.29, 1.82) is 0 Å². The summed E-state index contributed by atoms with van der Waals surface area (Å²) >= 11 is 0. The minimum absolute atomic E-state index is 0.708. The molecule has 0 aliphatic carbocycles. The van der Waals surface area contributed by atoms with Gasteiger partial charge in [-0.1, -0.05) is 12.1 Å². The van der Waals surface area contributed by atoms with Crippen LogP contribution in [0.1, 0.15) is 0 Å². The van der Waals surface area contributed by atoms with E-state index in [0.717, 1.165) is 22.4 Å². The van der Waals surface area contributed by atoms with Gasteiger partial charge in [-0.05, 0) is 30.3 Å². The van der Waals surface area contributed by atoms with Gasteiger partial charge in [0.25, 0.3) is 0 Å². The first-order chi connectivity index (χ1) is 8.24. The van der Waals surface area contributed by atoms with Crippen molar-refractivity contribution in [1.82, 2.24) is 9.97 Å². The summed E-state index contributed by atoms with van der Waals surface area (Å²) in [6, 6.07) is 13.2. The first kappa shape index (κ1) is 9.72. The fourth-order valence-corrected chi connectivity index (χ4v) is 1.87. The number of hydrogen-bond donors (Lipinski definition) is 3. The third-order valence-corrected chi connectivity index (χ3v) is 2.72. The molecule has 4 nitrogen and oxygen atoms in total. The molecule has 3 rings (SSSR count). The standard InChI is InChI=1S/C13H12N4/c14-8-5-6-11-12(7-8)17-13(16-11)9-3-1-2-4-10(9)15/h1-7H,14-15H2,(H,16,17). The quantitative estimate of drug-likeness (QED) is 0.555. The van der Waals surface area contributed by atoms with Crippen LogP contribution in [0.25, 0.3) is 22.4 Å². The van der Waals surface area contributed by atoms with Gasteiger partial charge < -0.3 is 16.5 Å². The van der Waals surface area contributed by atoms with Crippen LogP contribution in [0.2, 0.25) is 0 Å². The first-order valence-corrected chi connectivity index (χ1v) is 5.34. The molecule has 17 heavy (non-hydrogen) atoms. The van der Waals surface area contributed by atoms with Crippen molar-refractivity contribution in [2.75, 3.05) is 11.5 Å². The Hall–Kier alpha value is -2.49. The summed E-state index contributed by atoms with van der Waals surface area (Å²) in [5.74, 6) is 0.767. The number of hydrogen-bond acceptors (Lipinski definition) is 3. The number of H-pyrrole nitrogens is 1. The summed E-state index contributed by atoms with van der Waals surface area (Å²) in [7, 11) is 0. The number of benzene rings is 2. The van der Waals surface area contributed by atoms with Gasteiger partial charge in [-0.25, -0.2) is 4.98 Å². The average Bonchev–Trinajstić information content (AvgIpc) is 2.72. The lowest BCUT2D eigenvalue weighted by Gasteiger charge is -2.00. The lowest BCUT2D eigenvalue weighted by molar-refractivity contribution is 1.34. The normalized spacial score (nSPS) is 10.8. The van der Waals surface area contributed by atoms with Crippen molar-refractivity contribution in [3.05, 3.63) is 42.5 Å². The molecular weight excluding hydrogens is 212 g/mol. The second-order valence-electron chi connectivity index (χ2n) is 3.95. The number of aromatic nitrogens is 2. The molecule has 84 valence electrons. The van der Waals surface area contributed by atoms with E-state index in [9.17, 15) is 0 Å². The number of imidazole rings is 1. The summed E-state index contributed by atoms with van der Waals surface area (Å²) in [6.07, 6.45) is 0. The van der Waals surface area contributed by atoms with Crippen LogP contribution in [0, 0.1) is 0 Å². The molecule has 0 aliphatic heterocycles. The van der Waals surface area contributed by atoms with E-state index in [1.54, 1.807) is 0 Å². The summed E-state index contributed by atoms with van der Waals surface area (Å²) < 4.78 is 0. The zero-order chi connectivity index (χ0) is 11.8. The van der Waals surface area contributed by atoms with Crippen LogP contribution in [0.15, 0.2) is 42.5 Å². The van der Waals surface area contributed by atoms with Crippen LogP contribution in [0.4, 0.5) is 11.4 Å². The van der Waals surface area contributed by atoms with Crippen LogP contribution in [-0.4, -0.2) is 9.97 Å². The van der Waals surface area contributed by atoms with E-state index in [4.69, 9.17) is 11.5 Å².